The molecule has 0 aliphatic rings. The molecule has 0 saturated carbocycles. The summed E-state index contributed by atoms with van der Waals surface area (Å²) in [4.78, 5) is 13.5. The fourth-order valence-electron chi connectivity index (χ4n) is 1.70. The van der Waals surface area contributed by atoms with Gasteiger partial charge in [-0.2, -0.15) is 0 Å². The van der Waals surface area contributed by atoms with Crippen molar-refractivity contribution in [1.29, 1.82) is 0 Å². The van der Waals surface area contributed by atoms with Gasteiger partial charge in [0.1, 0.15) is 5.78 Å². The van der Waals surface area contributed by atoms with E-state index >= 15 is 0 Å². The molecule has 0 radical (unpaired) electrons. The molecule has 0 fully saturated rings. The SMILES string of the molecule is CCCC(=O)CN(C)CCc1ccccc1. The van der Waals surface area contributed by atoms with Crippen LogP contribution < -0.4 is 0 Å². The molecule has 0 unspecified atom stereocenters. The topological polar surface area (TPSA) is 20.3 Å². The number of hydrogen-bond donors (Lipinski definition) is 0. The molecule has 0 N–H and O–H groups in total. The Hall–Kier alpha value is -1.15. The molecule has 1 rings (SSSR count). The van der Waals surface area contributed by atoms with Crippen LogP contribution in [0.25, 0.3) is 0 Å². The third-order valence-corrected chi connectivity index (χ3v) is 2.60. The maximum atomic E-state index is 11.4. The van der Waals surface area contributed by atoms with Crippen LogP contribution in [0.1, 0.15) is 25.3 Å². The van der Waals surface area contributed by atoms with Gasteiger partial charge in [-0.3, -0.25) is 9.69 Å². The van der Waals surface area contributed by atoms with Crippen molar-refractivity contribution in [3.63, 3.8) is 0 Å². The Morgan fingerprint density at radius 3 is 2.56 bits per heavy atom. The first-order valence-corrected chi connectivity index (χ1v) is 5.96. The molecule has 0 aromatic heterocycles. The van der Waals surface area contributed by atoms with Crippen molar-refractivity contribution in [2.45, 2.75) is 26.2 Å². The first kappa shape index (κ1) is 12.9. The van der Waals surface area contributed by atoms with E-state index in [1.807, 2.05) is 20.0 Å². The monoisotopic (exact) mass is 219 g/mol. The van der Waals surface area contributed by atoms with Crippen LogP contribution in [0.4, 0.5) is 0 Å². The predicted molar refractivity (Wildman–Crippen MR) is 67.6 cm³/mol. The molecule has 0 atom stereocenters. The molecule has 0 aliphatic heterocycles. The van der Waals surface area contributed by atoms with Crippen LogP contribution >= 0.6 is 0 Å². The minimum absolute atomic E-state index is 0.345. The largest absolute Gasteiger partial charge is 0.299 e. The van der Waals surface area contributed by atoms with Gasteiger partial charge in [0, 0.05) is 13.0 Å². The molecule has 2 nitrogen and oxygen atoms in total. The van der Waals surface area contributed by atoms with E-state index in [0.29, 0.717) is 18.7 Å². The summed E-state index contributed by atoms with van der Waals surface area (Å²) < 4.78 is 0. The van der Waals surface area contributed by atoms with E-state index < -0.39 is 0 Å². The number of hydrogen-bond acceptors (Lipinski definition) is 2. The van der Waals surface area contributed by atoms with Crippen molar-refractivity contribution >= 4 is 5.78 Å². The highest BCUT2D eigenvalue weighted by molar-refractivity contribution is 5.80. The molecular weight excluding hydrogens is 198 g/mol. The highest BCUT2D eigenvalue weighted by Crippen LogP contribution is 2.01. The van der Waals surface area contributed by atoms with Crippen LogP contribution in [0, 0.1) is 0 Å². The third kappa shape index (κ3) is 5.08. The van der Waals surface area contributed by atoms with Crippen molar-refractivity contribution in [2.75, 3.05) is 20.1 Å². The van der Waals surface area contributed by atoms with Crippen LogP contribution in [0.15, 0.2) is 30.3 Å². The predicted octanol–water partition coefficient (Wildman–Crippen LogP) is 2.53. The normalized spacial score (nSPS) is 10.7. The summed E-state index contributed by atoms with van der Waals surface area (Å²) in [5.41, 5.74) is 1.33. The summed E-state index contributed by atoms with van der Waals surface area (Å²) in [6.45, 7) is 3.57. The minimum atomic E-state index is 0.345. The second kappa shape index (κ2) is 7.18. The number of carbonyl (C=O) groups is 1. The van der Waals surface area contributed by atoms with Gasteiger partial charge in [0.25, 0.3) is 0 Å². The maximum absolute atomic E-state index is 11.4. The van der Waals surface area contributed by atoms with Crippen molar-refractivity contribution in [3.05, 3.63) is 35.9 Å². The van der Waals surface area contributed by atoms with E-state index in [0.717, 1.165) is 19.4 Å². The molecule has 2 heteroatoms. The Bertz CT molecular complexity index is 308. The molecule has 0 saturated heterocycles. The van der Waals surface area contributed by atoms with Crippen LogP contribution in [0.5, 0.6) is 0 Å². The number of ketones is 1. The first-order valence-electron chi connectivity index (χ1n) is 5.96. The van der Waals surface area contributed by atoms with Crippen molar-refractivity contribution < 1.29 is 4.79 Å². The molecule has 1 aromatic rings. The van der Waals surface area contributed by atoms with E-state index in [-0.39, 0.29) is 0 Å². The summed E-state index contributed by atoms with van der Waals surface area (Å²) in [6.07, 6.45) is 2.66. The van der Waals surface area contributed by atoms with Crippen molar-refractivity contribution in [1.82, 2.24) is 4.90 Å². The molecule has 88 valence electrons. The zero-order valence-electron chi connectivity index (χ0n) is 10.3. The van der Waals surface area contributed by atoms with E-state index in [2.05, 4.69) is 29.2 Å². The van der Waals surface area contributed by atoms with Crippen LogP contribution in [0.2, 0.25) is 0 Å². The smallest absolute Gasteiger partial charge is 0.146 e. The second-order valence-electron chi connectivity index (χ2n) is 4.26. The summed E-state index contributed by atoms with van der Waals surface area (Å²) >= 11 is 0. The fourth-order valence-corrected chi connectivity index (χ4v) is 1.70. The minimum Gasteiger partial charge on any atom is -0.299 e. The van der Waals surface area contributed by atoms with Gasteiger partial charge in [-0.15, -0.1) is 0 Å². The third-order valence-electron chi connectivity index (χ3n) is 2.60. The molecule has 1 aromatic carbocycles. The molecule has 0 aliphatic carbocycles. The second-order valence-corrected chi connectivity index (χ2v) is 4.26. The van der Waals surface area contributed by atoms with Crippen LogP contribution in [0.3, 0.4) is 0 Å². The highest BCUT2D eigenvalue weighted by atomic mass is 16.1. The Balaban J connectivity index is 2.25. The molecular formula is C14H21NO. The zero-order chi connectivity index (χ0) is 11.8. The summed E-state index contributed by atoms with van der Waals surface area (Å²) in [5.74, 6) is 0.345. The summed E-state index contributed by atoms with van der Waals surface area (Å²) in [5, 5.41) is 0. The lowest BCUT2D eigenvalue weighted by atomic mass is 10.1. The average Bonchev–Trinajstić information content (AvgIpc) is 2.28. The van der Waals surface area contributed by atoms with Crippen molar-refractivity contribution in [2.24, 2.45) is 0 Å². The Morgan fingerprint density at radius 2 is 1.94 bits per heavy atom. The summed E-state index contributed by atoms with van der Waals surface area (Å²) in [6, 6.07) is 10.4. The number of carbonyl (C=O) groups excluding carboxylic acids is 1. The molecule has 0 amide bonds. The van der Waals surface area contributed by atoms with Gasteiger partial charge in [-0.25, -0.2) is 0 Å². The number of nitrogens with zero attached hydrogens (tertiary/aromatic N) is 1. The van der Waals surface area contributed by atoms with Gasteiger partial charge in [-0.05, 0) is 25.5 Å². The van der Waals surface area contributed by atoms with Gasteiger partial charge < -0.3 is 0 Å². The molecule has 0 heterocycles. The molecule has 16 heavy (non-hydrogen) atoms. The van der Waals surface area contributed by atoms with Gasteiger partial charge in [0.15, 0.2) is 0 Å². The maximum Gasteiger partial charge on any atom is 0.146 e. The van der Waals surface area contributed by atoms with Crippen molar-refractivity contribution in [3.8, 4) is 0 Å². The van der Waals surface area contributed by atoms with E-state index in [9.17, 15) is 4.79 Å². The fraction of sp³-hybridized carbons (Fsp3) is 0.500. The van der Waals surface area contributed by atoms with Crippen LogP contribution in [-0.2, 0) is 11.2 Å². The lowest BCUT2D eigenvalue weighted by Gasteiger charge is -2.15. The van der Waals surface area contributed by atoms with E-state index in [4.69, 9.17) is 0 Å². The number of Topliss-reactive ketones (excluding diaryl/α,β-unsaturated/α-hetero) is 1. The Kier molecular flexibility index (Phi) is 5.79. The molecule has 0 bridgehead atoms. The number of rotatable bonds is 7. The van der Waals surface area contributed by atoms with E-state index in [1.165, 1.54) is 5.56 Å². The lowest BCUT2D eigenvalue weighted by molar-refractivity contribution is -0.119. The van der Waals surface area contributed by atoms with Gasteiger partial charge in [0.05, 0.1) is 6.54 Å². The zero-order valence-corrected chi connectivity index (χ0v) is 10.3. The Morgan fingerprint density at radius 1 is 1.25 bits per heavy atom. The van der Waals surface area contributed by atoms with Gasteiger partial charge in [0.2, 0.25) is 0 Å². The van der Waals surface area contributed by atoms with Gasteiger partial charge in [-0.1, -0.05) is 37.3 Å². The molecule has 0 spiro atoms. The van der Waals surface area contributed by atoms with E-state index in [1.54, 1.807) is 0 Å². The Labute approximate surface area is 98.3 Å². The van der Waals surface area contributed by atoms with Crippen LogP contribution in [-0.4, -0.2) is 30.8 Å². The summed E-state index contributed by atoms with van der Waals surface area (Å²) in [7, 11) is 2.01. The highest BCUT2D eigenvalue weighted by Gasteiger charge is 2.05. The first-order chi connectivity index (χ1) is 7.72. The quantitative estimate of drug-likeness (QED) is 0.702. The number of likely N-dealkylation sites (N-methyl/N-ethyl adjacent to an activating group) is 1. The van der Waals surface area contributed by atoms with Gasteiger partial charge >= 0.3 is 0 Å². The lowest BCUT2D eigenvalue weighted by Crippen LogP contribution is -2.27. The number of benzene rings is 1. The average molecular weight is 219 g/mol. The standard InChI is InChI=1S/C14H21NO/c1-3-7-14(16)12-15(2)11-10-13-8-5-4-6-9-13/h4-6,8-9H,3,7,10-12H2,1-2H3.